The summed E-state index contributed by atoms with van der Waals surface area (Å²) in [6.45, 7) is 0. The highest BCUT2D eigenvalue weighted by molar-refractivity contribution is 14.1. The van der Waals surface area contributed by atoms with Crippen LogP contribution in [0.25, 0.3) is 0 Å². The smallest absolute Gasteiger partial charge is 0.196 e. The summed E-state index contributed by atoms with van der Waals surface area (Å²) in [6.07, 6.45) is 3.29. The van der Waals surface area contributed by atoms with Crippen molar-refractivity contribution in [1.82, 2.24) is 9.97 Å². The standard InChI is InChI=1S/C10H7IN2OS/c11-8-3-1-2-4-9(8)14-7-5-12-10(15)13-6-7/h1-6H,(H,12,13,15). The van der Waals surface area contributed by atoms with Gasteiger partial charge in [0.15, 0.2) is 10.5 Å². The molecule has 1 aromatic heterocycles. The van der Waals surface area contributed by atoms with E-state index in [0.29, 0.717) is 10.5 Å². The molecule has 0 atom stereocenters. The third-order valence-corrected chi connectivity index (χ3v) is 2.83. The van der Waals surface area contributed by atoms with Gasteiger partial charge in [-0.05, 0) is 46.9 Å². The molecule has 0 radical (unpaired) electrons. The van der Waals surface area contributed by atoms with Crippen molar-refractivity contribution in [3.05, 3.63) is 45.0 Å². The van der Waals surface area contributed by atoms with Crippen molar-refractivity contribution in [2.24, 2.45) is 0 Å². The predicted molar refractivity (Wildman–Crippen MR) is 68.7 cm³/mol. The maximum absolute atomic E-state index is 5.62. The molecule has 0 aliphatic rings. The van der Waals surface area contributed by atoms with Gasteiger partial charge in [0.05, 0.1) is 9.77 Å². The van der Waals surface area contributed by atoms with E-state index in [2.05, 4.69) is 32.6 Å². The number of aromatic amines is 1. The maximum atomic E-state index is 5.62. The Morgan fingerprint density at radius 3 is 2.80 bits per heavy atom. The van der Waals surface area contributed by atoms with E-state index in [0.717, 1.165) is 9.32 Å². The topological polar surface area (TPSA) is 37.9 Å². The Bertz CT molecular complexity index is 506. The molecule has 2 aromatic rings. The minimum Gasteiger partial charge on any atom is -0.453 e. The van der Waals surface area contributed by atoms with Crippen LogP contribution in [0.15, 0.2) is 36.7 Å². The van der Waals surface area contributed by atoms with E-state index in [1.807, 2.05) is 24.3 Å². The number of nitrogens with one attached hydrogen (secondary N) is 1. The Labute approximate surface area is 106 Å². The summed E-state index contributed by atoms with van der Waals surface area (Å²) in [4.78, 5) is 6.75. The first kappa shape index (κ1) is 10.6. The third kappa shape index (κ3) is 2.75. The predicted octanol–water partition coefficient (Wildman–Crippen LogP) is 3.54. The molecular weight excluding hydrogens is 323 g/mol. The number of ether oxygens (including phenoxy) is 1. The number of H-pyrrole nitrogens is 1. The molecule has 15 heavy (non-hydrogen) atoms. The second-order valence-corrected chi connectivity index (χ2v) is 4.34. The van der Waals surface area contributed by atoms with Crippen LogP contribution in [0.5, 0.6) is 11.5 Å². The molecule has 1 aromatic carbocycles. The largest absolute Gasteiger partial charge is 0.453 e. The van der Waals surface area contributed by atoms with E-state index >= 15 is 0 Å². The second kappa shape index (κ2) is 4.71. The number of aromatic nitrogens is 2. The average molecular weight is 330 g/mol. The van der Waals surface area contributed by atoms with Crippen molar-refractivity contribution < 1.29 is 4.74 Å². The van der Waals surface area contributed by atoms with E-state index in [1.54, 1.807) is 12.4 Å². The monoisotopic (exact) mass is 330 g/mol. The van der Waals surface area contributed by atoms with Crippen LogP contribution in [0.1, 0.15) is 0 Å². The van der Waals surface area contributed by atoms with Gasteiger partial charge in [0.25, 0.3) is 0 Å². The molecule has 5 heteroatoms. The average Bonchev–Trinajstić information content (AvgIpc) is 2.25. The first-order valence-corrected chi connectivity index (χ1v) is 5.71. The number of hydrogen-bond acceptors (Lipinski definition) is 3. The highest BCUT2D eigenvalue weighted by Crippen LogP contribution is 2.24. The van der Waals surface area contributed by atoms with Gasteiger partial charge in [-0.1, -0.05) is 12.1 Å². The van der Waals surface area contributed by atoms with Gasteiger partial charge in [-0.25, -0.2) is 4.98 Å². The van der Waals surface area contributed by atoms with E-state index in [1.165, 1.54) is 0 Å². The van der Waals surface area contributed by atoms with Crippen LogP contribution in [-0.2, 0) is 0 Å². The summed E-state index contributed by atoms with van der Waals surface area (Å²) in [7, 11) is 0. The van der Waals surface area contributed by atoms with Crippen LogP contribution in [0.3, 0.4) is 0 Å². The van der Waals surface area contributed by atoms with Gasteiger partial charge in [0.2, 0.25) is 0 Å². The highest BCUT2D eigenvalue weighted by Gasteiger charge is 2.00. The van der Waals surface area contributed by atoms with Crippen molar-refractivity contribution in [2.45, 2.75) is 0 Å². The van der Waals surface area contributed by atoms with Crippen molar-refractivity contribution in [3.8, 4) is 11.5 Å². The first-order valence-electron chi connectivity index (χ1n) is 4.23. The molecule has 76 valence electrons. The number of para-hydroxylation sites is 1. The molecule has 0 aliphatic carbocycles. The molecular formula is C10H7IN2OS. The van der Waals surface area contributed by atoms with Gasteiger partial charge < -0.3 is 9.72 Å². The number of halogens is 1. The van der Waals surface area contributed by atoms with Gasteiger partial charge in [0, 0.05) is 6.20 Å². The molecule has 0 bridgehead atoms. The van der Waals surface area contributed by atoms with Crippen LogP contribution in [0.2, 0.25) is 0 Å². The zero-order valence-electron chi connectivity index (χ0n) is 7.61. The van der Waals surface area contributed by atoms with Crippen molar-refractivity contribution in [3.63, 3.8) is 0 Å². The minimum absolute atomic E-state index is 0.449. The maximum Gasteiger partial charge on any atom is 0.196 e. The van der Waals surface area contributed by atoms with Crippen LogP contribution in [-0.4, -0.2) is 9.97 Å². The Hall–Kier alpha value is -0.950. The fourth-order valence-corrected chi connectivity index (χ4v) is 1.65. The fourth-order valence-electron chi connectivity index (χ4n) is 1.04. The van der Waals surface area contributed by atoms with Crippen LogP contribution in [0, 0.1) is 8.34 Å². The molecule has 0 fully saturated rings. The lowest BCUT2D eigenvalue weighted by Gasteiger charge is -2.05. The van der Waals surface area contributed by atoms with Crippen molar-refractivity contribution >= 4 is 34.8 Å². The Morgan fingerprint density at radius 1 is 1.33 bits per heavy atom. The zero-order chi connectivity index (χ0) is 10.7. The molecule has 0 spiro atoms. The quantitative estimate of drug-likeness (QED) is 0.676. The molecule has 0 saturated heterocycles. The van der Waals surface area contributed by atoms with Gasteiger partial charge in [-0.2, -0.15) is 0 Å². The van der Waals surface area contributed by atoms with E-state index in [4.69, 9.17) is 17.0 Å². The molecule has 0 unspecified atom stereocenters. The summed E-state index contributed by atoms with van der Waals surface area (Å²) in [5.41, 5.74) is 0. The lowest BCUT2D eigenvalue weighted by Crippen LogP contribution is -1.89. The molecule has 0 saturated carbocycles. The molecule has 1 heterocycles. The molecule has 3 nitrogen and oxygen atoms in total. The number of nitrogens with zero attached hydrogens (tertiary/aromatic N) is 1. The minimum atomic E-state index is 0.449. The molecule has 0 amide bonds. The summed E-state index contributed by atoms with van der Waals surface area (Å²) in [5, 5.41) is 0. The number of rotatable bonds is 2. The van der Waals surface area contributed by atoms with Crippen LogP contribution < -0.4 is 4.74 Å². The van der Waals surface area contributed by atoms with Crippen molar-refractivity contribution in [1.29, 1.82) is 0 Å². The lowest BCUT2D eigenvalue weighted by molar-refractivity contribution is 0.474. The second-order valence-electron chi connectivity index (χ2n) is 2.79. The van der Waals surface area contributed by atoms with Gasteiger partial charge in [-0.3, -0.25) is 0 Å². The van der Waals surface area contributed by atoms with E-state index in [9.17, 15) is 0 Å². The van der Waals surface area contributed by atoms with Crippen LogP contribution >= 0.6 is 34.8 Å². The Balaban J connectivity index is 2.26. The third-order valence-electron chi connectivity index (χ3n) is 1.71. The molecule has 2 rings (SSSR count). The van der Waals surface area contributed by atoms with Gasteiger partial charge in [0.1, 0.15) is 5.75 Å². The van der Waals surface area contributed by atoms with Crippen molar-refractivity contribution in [2.75, 3.05) is 0 Å². The van der Waals surface area contributed by atoms with E-state index in [-0.39, 0.29) is 0 Å². The van der Waals surface area contributed by atoms with Gasteiger partial charge >= 0.3 is 0 Å². The molecule has 0 aliphatic heterocycles. The Morgan fingerprint density at radius 2 is 2.13 bits per heavy atom. The summed E-state index contributed by atoms with van der Waals surface area (Å²) < 4.78 is 7.12. The summed E-state index contributed by atoms with van der Waals surface area (Å²) in [5.74, 6) is 1.46. The lowest BCUT2D eigenvalue weighted by atomic mass is 10.3. The fraction of sp³-hybridized carbons (Fsp3) is 0. The SMILES string of the molecule is S=c1ncc(Oc2ccccc2I)c[nH]1. The number of hydrogen-bond donors (Lipinski definition) is 1. The highest BCUT2D eigenvalue weighted by atomic mass is 127. The normalized spacial score (nSPS) is 9.93. The summed E-state index contributed by atoms with van der Waals surface area (Å²) >= 11 is 7.06. The molecule has 1 N–H and O–H groups in total. The summed E-state index contributed by atoms with van der Waals surface area (Å²) in [6, 6.07) is 7.78. The van der Waals surface area contributed by atoms with E-state index < -0.39 is 0 Å². The zero-order valence-corrected chi connectivity index (χ0v) is 10.6. The van der Waals surface area contributed by atoms with Crippen LogP contribution in [0.4, 0.5) is 0 Å². The van der Waals surface area contributed by atoms with Gasteiger partial charge in [-0.15, -0.1) is 0 Å². The Kier molecular flexibility index (Phi) is 3.32. The number of benzene rings is 1. The first-order chi connectivity index (χ1) is 7.25.